The van der Waals surface area contributed by atoms with Crippen molar-refractivity contribution in [2.75, 3.05) is 6.54 Å². The molecule has 0 radical (unpaired) electrons. The van der Waals surface area contributed by atoms with Crippen molar-refractivity contribution in [1.82, 2.24) is 19.4 Å². The van der Waals surface area contributed by atoms with Gasteiger partial charge < -0.3 is 8.98 Å². The molecule has 1 aliphatic heterocycles. The molecule has 0 bridgehead atoms. The third-order valence-electron chi connectivity index (χ3n) is 5.38. The van der Waals surface area contributed by atoms with E-state index in [1.807, 2.05) is 49.9 Å². The van der Waals surface area contributed by atoms with Crippen molar-refractivity contribution in [3.8, 4) is 11.5 Å². The second-order valence-electron chi connectivity index (χ2n) is 7.21. The highest BCUT2D eigenvalue weighted by atomic mass is 35.5. The van der Waals surface area contributed by atoms with Gasteiger partial charge in [0.15, 0.2) is 0 Å². The number of aryl methyl sites for hydroxylation is 2. The van der Waals surface area contributed by atoms with Crippen LogP contribution in [0.25, 0.3) is 11.5 Å². The van der Waals surface area contributed by atoms with Crippen molar-refractivity contribution in [2.45, 2.75) is 51.7 Å². The Kier molecular flexibility index (Phi) is 5.60. The number of likely N-dealkylation sites (tertiary alicyclic amines) is 1. The van der Waals surface area contributed by atoms with Crippen LogP contribution in [0.1, 0.15) is 37.1 Å². The van der Waals surface area contributed by atoms with Crippen molar-refractivity contribution in [3.05, 3.63) is 59.5 Å². The maximum absolute atomic E-state index is 6.31. The van der Waals surface area contributed by atoms with Crippen LogP contribution in [-0.2, 0) is 13.1 Å². The number of benzene rings is 1. The lowest BCUT2D eigenvalue weighted by atomic mass is 9.99. The van der Waals surface area contributed by atoms with Crippen LogP contribution in [0.4, 0.5) is 0 Å². The summed E-state index contributed by atoms with van der Waals surface area (Å²) in [5.74, 6) is 1.49. The van der Waals surface area contributed by atoms with Crippen LogP contribution in [0, 0.1) is 6.92 Å². The summed E-state index contributed by atoms with van der Waals surface area (Å²) >= 11 is 6.31. The van der Waals surface area contributed by atoms with Gasteiger partial charge in [-0.1, -0.05) is 30.2 Å². The number of nitrogens with zero attached hydrogens (tertiary/aromatic N) is 4. The molecule has 0 spiro atoms. The lowest BCUT2D eigenvalue weighted by Crippen LogP contribution is -2.39. The molecular formula is C21H25ClN4O. The fraction of sp³-hybridized carbons (Fsp3) is 0.429. The van der Waals surface area contributed by atoms with Gasteiger partial charge in [0, 0.05) is 31.5 Å². The van der Waals surface area contributed by atoms with Crippen molar-refractivity contribution in [2.24, 2.45) is 0 Å². The van der Waals surface area contributed by atoms with E-state index in [1.165, 1.54) is 19.3 Å². The zero-order valence-electron chi connectivity index (χ0n) is 15.6. The molecule has 6 heteroatoms. The molecule has 1 saturated heterocycles. The smallest absolute Gasteiger partial charge is 0.228 e. The van der Waals surface area contributed by atoms with E-state index < -0.39 is 0 Å². The first-order chi connectivity index (χ1) is 13.2. The minimum Gasteiger partial charge on any atom is -0.441 e. The predicted octanol–water partition coefficient (Wildman–Crippen LogP) is 4.94. The molecule has 3 heterocycles. The van der Waals surface area contributed by atoms with E-state index in [9.17, 15) is 0 Å². The zero-order chi connectivity index (χ0) is 18.6. The van der Waals surface area contributed by atoms with Gasteiger partial charge in [0.05, 0.1) is 22.6 Å². The quantitative estimate of drug-likeness (QED) is 0.603. The van der Waals surface area contributed by atoms with Crippen LogP contribution in [0.5, 0.6) is 0 Å². The monoisotopic (exact) mass is 384 g/mol. The van der Waals surface area contributed by atoms with E-state index in [-0.39, 0.29) is 0 Å². The highest BCUT2D eigenvalue weighted by molar-refractivity contribution is 6.33. The molecule has 0 unspecified atom stereocenters. The minimum atomic E-state index is 0.570. The number of halogens is 1. The van der Waals surface area contributed by atoms with E-state index in [1.54, 1.807) is 0 Å². The van der Waals surface area contributed by atoms with Gasteiger partial charge in [-0.05, 0) is 44.9 Å². The molecule has 0 N–H and O–H groups in total. The Balaban J connectivity index is 1.47. The second kappa shape index (κ2) is 8.28. The molecule has 5 nitrogen and oxygen atoms in total. The number of hydrogen-bond donors (Lipinski definition) is 0. The first-order valence-electron chi connectivity index (χ1n) is 9.61. The maximum Gasteiger partial charge on any atom is 0.228 e. The van der Waals surface area contributed by atoms with Gasteiger partial charge in [-0.25, -0.2) is 9.97 Å². The van der Waals surface area contributed by atoms with Gasteiger partial charge in [0.2, 0.25) is 5.89 Å². The van der Waals surface area contributed by atoms with Crippen molar-refractivity contribution < 1.29 is 4.42 Å². The molecule has 1 fully saturated rings. The Morgan fingerprint density at radius 3 is 2.96 bits per heavy atom. The summed E-state index contributed by atoms with van der Waals surface area (Å²) in [6.07, 6.45) is 10.7. The average Bonchev–Trinajstić information content (AvgIpc) is 3.32. The number of piperidine rings is 1. The van der Waals surface area contributed by atoms with Crippen LogP contribution >= 0.6 is 11.6 Å². The van der Waals surface area contributed by atoms with Gasteiger partial charge in [-0.2, -0.15) is 0 Å². The SMILES string of the molecule is Cc1oc(-c2ccccc2Cl)nc1CN1CCCC[C@@H]1CCn1ccnc1. The number of aromatic nitrogens is 3. The maximum atomic E-state index is 6.31. The van der Waals surface area contributed by atoms with Gasteiger partial charge in [0.25, 0.3) is 0 Å². The van der Waals surface area contributed by atoms with Crippen molar-refractivity contribution >= 4 is 11.6 Å². The second-order valence-corrected chi connectivity index (χ2v) is 7.62. The Bertz CT molecular complexity index is 874. The Morgan fingerprint density at radius 1 is 1.26 bits per heavy atom. The highest BCUT2D eigenvalue weighted by Gasteiger charge is 2.24. The molecule has 1 aromatic carbocycles. The molecule has 1 atom stereocenters. The minimum absolute atomic E-state index is 0.570. The average molecular weight is 385 g/mol. The Morgan fingerprint density at radius 2 is 2.15 bits per heavy atom. The largest absolute Gasteiger partial charge is 0.441 e. The fourth-order valence-electron chi connectivity index (χ4n) is 3.83. The molecule has 2 aromatic heterocycles. The standard InChI is InChI=1S/C21H25ClN4O/c1-16-20(24-21(27-16)18-7-2-3-8-19(18)22)14-26-11-5-4-6-17(26)9-12-25-13-10-23-15-25/h2-3,7-8,10,13,15,17H,4-6,9,11-12,14H2,1H3/t17-/m1/s1. The van der Waals surface area contributed by atoms with Gasteiger partial charge >= 0.3 is 0 Å². The van der Waals surface area contributed by atoms with Crippen LogP contribution in [0.2, 0.25) is 5.02 Å². The fourth-order valence-corrected chi connectivity index (χ4v) is 4.05. The van der Waals surface area contributed by atoms with Gasteiger partial charge in [-0.15, -0.1) is 0 Å². The van der Waals surface area contributed by atoms with E-state index in [4.69, 9.17) is 21.0 Å². The third kappa shape index (κ3) is 4.25. The van der Waals surface area contributed by atoms with Crippen LogP contribution in [0.3, 0.4) is 0 Å². The number of imidazole rings is 1. The molecule has 4 rings (SSSR count). The topological polar surface area (TPSA) is 47.1 Å². The van der Waals surface area contributed by atoms with Crippen LogP contribution in [-0.4, -0.2) is 32.0 Å². The normalized spacial score (nSPS) is 18.1. The van der Waals surface area contributed by atoms with Gasteiger partial charge in [0.1, 0.15) is 5.76 Å². The number of rotatable bonds is 6. The summed E-state index contributed by atoms with van der Waals surface area (Å²) in [6.45, 7) is 4.94. The van der Waals surface area contributed by atoms with Crippen LogP contribution < -0.4 is 0 Å². The molecule has 142 valence electrons. The number of oxazole rings is 1. The Labute approximate surface area is 165 Å². The summed E-state index contributed by atoms with van der Waals surface area (Å²) in [4.78, 5) is 11.5. The summed E-state index contributed by atoms with van der Waals surface area (Å²) in [6, 6.07) is 8.26. The molecule has 27 heavy (non-hydrogen) atoms. The van der Waals surface area contributed by atoms with Gasteiger partial charge in [-0.3, -0.25) is 4.90 Å². The summed E-state index contributed by atoms with van der Waals surface area (Å²) in [7, 11) is 0. The molecule has 0 saturated carbocycles. The molecule has 3 aromatic rings. The lowest BCUT2D eigenvalue weighted by Gasteiger charge is -2.35. The van der Waals surface area contributed by atoms with E-state index in [0.717, 1.165) is 43.1 Å². The Hall–Kier alpha value is -2.11. The highest BCUT2D eigenvalue weighted by Crippen LogP contribution is 2.30. The molecule has 0 aliphatic carbocycles. The van der Waals surface area contributed by atoms with Crippen LogP contribution in [0.15, 0.2) is 47.4 Å². The predicted molar refractivity (Wildman–Crippen MR) is 107 cm³/mol. The summed E-state index contributed by atoms with van der Waals surface area (Å²) in [5, 5.41) is 0.668. The van der Waals surface area contributed by atoms with E-state index in [2.05, 4.69) is 14.5 Å². The summed E-state index contributed by atoms with van der Waals surface area (Å²) in [5.41, 5.74) is 1.86. The van der Waals surface area contributed by atoms with E-state index >= 15 is 0 Å². The molecule has 0 amide bonds. The van der Waals surface area contributed by atoms with E-state index in [0.29, 0.717) is 17.0 Å². The molecular weight excluding hydrogens is 360 g/mol. The van der Waals surface area contributed by atoms with Crippen molar-refractivity contribution in [1.29, 1.82) is 0 Å². The summed E-state index contributed by atoms with van der Waals surface area (Å²) < 4.78 is 8.10. The number of hydrogen-bond acceptors (Lipinski definition) is 4. The molecule has 1 aliphatic rings. The third-order valence-corrected chi connectivity index (χ3v) is 5.71. The first kappa shape index (κ1) is 18.3. The lowest BCUT2D eigenvalue weighted by molar-refractivity contribution is 0.126. The van der Waals surface area contributed by atoms with Crippen molar-refractivity contribution in [3.63, 3.8) is 0 Å². The first-order valence-corrected chi connectivity index (χ1v) is 9.99. The zero-order valence-corrected chi connectivity index (χ0v) is 16.4.